The number of amides is 1. The zero-order valence-corrected chi connectivity index (χ0v) is 11.6. The maximum absolute atomic E-state index is 12.4. The second kappa shape index (κ2) is 5.29. The first kappa shape index (κ1) is 13.4. The molecule has 3 nitrogen and oxygen atoms in total. The number of nitrogens with one attached hydrogen (secondary N) is 2. The van der Waals surface area contributed by atoms with Crippen LogP contribution >= 0.6 is 11.6 Å². The van der Waals surface area contributed by atoms with Gasteiger partial charge in [0.1, 0.15) is 0 Å². The van der Waals surface area contributed by atoms with Gasteiger partial charge >= 0.3 is 0 Å². The molecule has 1 aromatic rings. The number of carbonyl (C=O) groups excluding carboxylic acids is 1. The molecule has 0 bridgehead atoms. The standard InChI is InChI=1S/C14H19ClN2O/c1-3-14(6-7-16-9-14)13(18)17-11-5-4-10(2)12(15)8-11/h4-5,8,16H,3,6-7,9H2,1-2H3,(H,17,18). The number of rotatable bonds is 3. The van der Waals surface area contributed by atoms with Gasteiger partial charge in [0.25, 0.3) is 0 Å². The molecule has 0 aliphatic carbocycles. The summed E-state index contributed by atoms with van der Waals surface area (Å²) in [5, 5.41) is 6.93. The summed E-state index contributed by atoms with van der Waals surface area (Å²) in [7, 11) is 0. The summed E-state index contributed by atoms with van der Waals surface area (Å²) >= 11 is 6.06. The molecule has 4 heteroatoms. The molecular weight excluding hydrogens is 248 g/mol. The van der Waals surface area contributed by atoms with E-state index < -0.39 is 0 Å². The Morgan fingerprint density at radius 1 is 1.56 bits per heavy atom. The molecule has 1 aliphatic heterocycles. The van der Waals surface area contributed by atoms with E-state index in [4.69, 9.17) is 11.6 Å². The molecule has 0 aromatic heterocycles. The molecule has 0 saturated carbocycles. The zero-order chi connectivity index (χ0) is 13.2. The van der Waals surface area contributed by atoms with Crippen molar-refractivity contribution in [3.63, 3.8) is 0 Å². The second-order valence-electron chi connectivity index (χ2n) is 4.98. The summed E-state index contributed by atoms with van der Waals surface area (Å²) in [5.74, 6) is 0.0925. The molecule has 1 aromatic carbocycles. The van der Waals surface area contributed by atoms with Crippen LogP contribution in [-0.2, 0) is 4.79 Å². The Labute approximate surface area is 113 Å². The smallest absolute Gasteiger partial charge is 0.231 e. The van der Waals surface area contributed by atoms with Gasteiger partial charge in [-0.15, -0.1) is 0 Å². The van der Waals surface area contributed by atoms with Crippen molar-refractivity contribution in [1.82, 2.24) is 5.32 Å². The molecule has 1 aliphatic rings. The molecule has 0 spiro atoms. The highest BCUT2D eigenvalue weighted by molar-refractivity contribution is 6.31. The van der Waals surface area contributed by atoms with Crippen molar-refractivity contribution in [3.05, 3.63) is 28.8 Å². The van der Waals surface area contributed by atoms with Crippen molar-refractivity contribution in [2.75, 3.05) is 18.4 Å². The van der Waals surface area contributed by atoms with E-state index in [2.05, 4.69) is 17.6 Å². The monoisotopic (exact) mass is 266 g/mol. The summed E-state index contributed by atoms with van der Waals surface area (Å²) in [5.41, 5.74) is 1.52. The van der Waals surface area contributed by atoms with Gasteiger partial charge in [0.15, 0.2) is 0 Å². The van der Waals surface area contributed by atoms with Gasteiger partial charge in [0.2, 0.25) is 5.91 Å². The lowest BCUT2D eigenvalue weighted by Crippen LogP contribution is -2.37. The normalized spacial score (nSPS) is 23.1. The van der Waals surface area contributed by atoms with Gasteiger partial charge in [0.05, 0.1) is 5.41 Å². The van der Waals surface area contributed by atoms with Gasteiger partial charge in [-0.2, -0.15) is 0 Å². The molecule has 0 radical (unpaired) electrons. The molecule has 2 N–H and O–H groups in total. The van der Waals surface area contributed by atoms with E-state index in [1.165, 1.54) is 0 Å². The van der Waals surface area contributed by atoms with Crippen molar-refractivity contribution in [2.45, 2.75) is 26.7 Å². The van der Waals surface area contributed by atoms with Crippen LogP contribution in [0.25, 0.3) is 0 Å². The van der Waals surface area contributed by atoms with Crippen LogP contribution in [0.4, 0.5) is 5.69 Å². The van der Waals surface area contributed by atoms with Crippen LogP contribution in [0.2, 0.25) is 5.02 Å². The molecule has 2 rings (SSSR count). The van der Waals surface area contributed by atoms with E-state index in [1.54, 1.807) is 6.07 Å². The Hall–Kier alpha value is -1.06. The number of hydrogen-bond acceptors (Lipinski definition) is 2. The Kier molecular flexibility index (Phi) is 3.93. The zero-order valence-electron chi connectivity index (χ0n) is 10.8. The van der Waals surface area contributed by atoms with E-state index in [1.807, 2.05) is 19.1 Å². The SMILES string of the molecule is CCC1(C(=O)Nc2ccc(C)c(Cl)c2)CCNC1. The van der Waals surface area contributed by atoms with Gasteiger partial charge in [-0.3, -0.25) is 4.79 Å². The Balaban J connectivity index is 2.13. The van der Waals surface area contributed by atoms with Gasteiger partial charge in [0, 0.05) is 17.3 Å². The van der Waals surface area contributed by atoms with E-state index >= 15 is 0 Å². The van der Waals surface area contributed by atoms with Crippen molar-refractivity contribution in [2.24, 2.45) is 5.41 Å². The average molecular weight is 267 g/mol. The minimum absolute atomic E-state index is 0.0925. The lowest BCUT2D eigenvalue weighted by Gasteiger charge is -2.25. The number of halogens is 1. The maximum atomic E-state index is 12.4. The van der Waals surface area contributed by atoms with Crippen LogP contribution in [0.5, 0.6) is 0 Å². The molecule has 1 saturated heterocycles. The first-order valence-electron chi connectivity index (χ1n) is 6.36. The highest BCUT2D eigenvalue weighted by atomic mass is 35.5. The number of hydrogen-bond donors (Lipinski definition) is 2. The number of carbonyl (C=O) groups is 1. The van der Waals surface area contributed by atoms with Crippen LogP contribution in [0.15, 0.2) is 18.2 Å². The average Bonchev–Trinajstić information content (AvgIpc) is 2.84. The first-order valence-corrected chi connectivity index (χ1v) is 6.73. The lowest BCUT2D eigenvalue weighted by atomic mass is 9.83. The summed E-state index contributed by atoms with van der Waals surface area (Å²) in [6, 6.07) is 5.62. The minimum Gasteiger partial charge on any atom is -0.326 e. The third kappa shape index (κ3) is 2.52. The minimum atomic E-state index is -0.267. The van der Waals surface area contributed by atoms with Crippen LogP contribution in [-0.4, -0.2) is 19.0 Å². The highest BCUT2D eigenvalue weighted by Crippen LogP contribution is 2.31. The predicted octanol–water partition coefficient (Wildman–Crippen LogP) is 2.98. The quantitative estimate of drug-likeness (QED) is 0.883. The van der Waals surface area contributed by atoms with Crippen molar-refractivity contribution in [1.29, 1.82) is 0 Å². The van der Waals surface area contributed by atoms with Crippen LogP contribution < -0.4 is 10.6 Å². The van der Waals surface area contributed by atoms with Crippen LogP contribution in [0.3, 0.4) is 0 Å². The van der Waals surface area contributed by atoms with Crippen LogP contribution in [0.1, 0.15) is 25.3 Å². The first-order chi connectivity index (χ1) is 8.57. The number of anilines is 1. The van der Waals surface area contributed by atoms with Crippen LogP contribution in [0, 0.1) is 12.3 Å². The predicted molar refractivity (Wildman–Crippen MR) is 75.0 cm³/mol. The maximum Gasteiger partial charge on any atom is 0.231 e. The Morgan fingerprint density at radius 3 is 2.89 bits per heavy atom. The molecule has 1 heterocycles. The summed E-state index contributed by atoms with van der Waals surface area (Å²) < 4.78 is 0. The fourth-order valence-corrected chi connectivity index (χ4v) is 2.51. The van der Waals surface area contributed by atoms with E-state index in [-0.39, 0.29) is 11.3 Å². The van der Waals surface area contributed by atoms with Gasteiger partial charge in [-0.1, -0.05) is 24.6 Å². The molecule has 1 fully saturated rings. The van der Waals surface area contributed by atoms with Gasteiger partial charge in [-0.25, -0.2) is 0 Å². The Bertz CT molecular complexity index is 453. The molecule has 1 atom stereocenters. The third-order valence-electron chi connectivity index (χ3n) is 3.83. The second-order valence-corrected chi connectivity index (χ2v) is 5.39. The third-order valence-corrected chi connectivity index (χ3v) is 4.24. The molecule has 18 heavy (non-hydrogen) atoms. The molecule has 1 unspecified atom stereocenters. The molecule has 98 valence electrons. The van der Waals surface area contributed by atoms with Crippen molar-refractivity contribution in [3.8, 4) is 0 Å². The number of aryl methyl sites for hydroxylation is 1. The van der Waals surface area contributed by atoms with Crippen molar-refractivity contribution < 1.29 is 4.79 Å². The lowest BCUT2D eigenvalue weighted by molar-refractivity contribution is -0.124. The summed E-state index contributed by atoms with van der Waals surface area (Å²) in [4.78, 5) is 12.4. The van der Waals surface area contributed by atoms with E-state index in [0.29, 0.717) is 5.02 Å². The molecular formula is C14H19ClN2O. The Morgan fingerprint density at radius 2 is 2.33 bits per heavy atom. The fraction of sp³-hybridized carbons (Fsp3) is 0.500. The summed E-state index contributed by atoms with van der Waals surface area (Å²) in [6.45, 7) is 5.68. The number of benzene rings is 1. The van der Waals surface area contributed by atoms with E-state index in [0.717, 1.165) is 37.2 Å². The highest BCUT2D eigenvalue weighted by Gasteiger charge is 2.39. The fourth-order valence-electron chi connectivity index (χ4n) is 2.33. The van der Waals surface area contributed by atoms with Gasteiger partial charge in [-0.05, 0) is 44.0 Å². The summed E-state index contributed by atoms with van der Waals surface area (Å²) in [6.07, 6.45) is 1.75. The largest absolute Gasteiger partial charge is 0.326 e. The van der Waals surface area contributed by atoms with E-state index in [9.17, 15) is 4.79 Å². The molecule has 1 amide bonds. The van der Waals surface area contributed by atoms with Gasteiger partial charge < -0.3 is 10.6 Å². The topological polar surface area (TPSA) is 41.1 Å². The van der Waals surface area contributed by atoms with Crippen molar-refractivity contribution >= 4 is 23.2 Å².